The van der Waals surface area contributed by atoms with Crippen LogP contribution in [-0.2, 0) is 4.74 Å². The second-order valence-electron chi connectivity index (χ2n) is 5.84. The zero-order chi connectivity index (χ0) is 14.5. The van der Waals surface area contributed by atoms with Gasteiger partial charge in [-0.25, -0.2) is 0 Å². The van der Waals surface area contributed by atoms with Gasteiger partial charge in [-0.15, -0.1) is 0 Å². The quantitative estimate of drug-likeness (QED) is 0.654. The molecule has 21 heavy (non-hydrogen) atoms. The van der Waals surface area contributed by atoms with Gasteiger partial charge < -0.3 is 15.5 Å². The van der Waals surface area contributed by atoms with Crippen molar-refractivity contribution in [1.82, 2.24) is 0 Å². The summed E-state index contributed by atoms with van der Waals surface area (Å²) >= 11 is 0. The van der Waals surface area contributed by atoms with Gasteiger partial charge in [-0.3, -0.25) is 0 Å². The maximum atomic E-state index is 7.61. The molecule has 3 nitrogen and oxygen atoms in total. The number of hydrogen-bond acceptors (Lipinski definition) is 3. The first kappa shape index (κ1) is 14.2. The van der Waals surface area contributed by atoms with Crippen molar-refractivity contribution < 1.29 is 4.74 Å². The van der Waals surface area contributed by atoms with Crippen molar-refractivity contribution in [2.75, 3.05) is 11.9 Å². The van der Waals surface area contributed by atoms with E-state index in [2.05, 4.69) is 17.2 Å². The highest BCUT2D eigenvalue weighted by Gasteiger charge is 2.15. The van der Waals surface area contributed by atoms with Gasteiger partial charge in [0.15, 0.2) is 0 Å². The SMILES string of the molecule is N=Cc1cc(C#CC2CCC2)ccc1NC1CCCCO1. The number of ether oxygens (including phenoxy) is 1. The Morgan fingerprint density at radius 3 is 2.76 bits per heavy atom. The number of nitrogens with one attached hydrogen (secondary N) is 2. The van der Waals surface area contributed by atoms with Gasteiger partial charge in [-0.2, -0.15) is 0 Å². The minimum Gasteiger partial charge on any atom is -0.360 e. The molecule has 1 aromatic carbocycles. The minimum atomic E-state index is 0.0735. The van der Waals surface area contributed by atoms with Crippen molar-refractivity contribution in [3.05, 3.63) is 29.3 Å². The Kier molecular flexibility index (Phi) is 4.57. The Hall–Kier alpha value is -1.79. The van der Waals surface area contributed by atoms with Crippen LogP contribution in [0.4, 0.5) is 5.69 Å². The molecule has 0 radical (unpaired) electrons. The fourth-order valence-corrected chi connectivity index (χ4v) is 2.66. The van der Waals surface area contributed by atoms with Crippen LogP contribution in [0.5, 0.6) is 0 Å². The van der Waals surface area contributed by atoms with Crippen LogP contribution in [0.15, 0.2) is 18.2 Å². The highest BCUT2D eigenvalue weighted by atomic mass is 16.5. The average molecular weight is 282 g/mol. The van der Waals surface area contributed by atoms with E-state index < -0.39 is 0 Å². The lowest BCUT2D eigenvalue weighted by atomic mass is 9.86. The molecule has 3 rings (SSSR count). The molecule has 2 N–H and O–H groups in total. The topological polar surface area (TPSA) is 45.1 Å². The first-order valence-electron chi connectivity index (χ1n) is 7.89. The molecule has 0 spiro atoms. The summed E-state index contributed by atoms with van der Waals surface area (Å²) in [5.41, 5.74) is 2.84. The molecule has 2 aliphatic rings. The van der Waals surface area contributed by atoms with E-state index in [0.29, 0.717) is 5.92 Å². The largest absolute Gasteiger partial charge is 0.360 e. The first-order chi connectivity index (χ1) is 10.3. The van der Waals surface area contributed by atoms with Crippen molar-refractivity contribution in [2.45, 2.75) is 44.8 Å². The van der Waals surface area contributed by atoms with Gasteiger partial charge in [0.1, 0.15) is 6.23 Å². The van der Waals surface area contributed by atoms with E-state index in [1.165, 1.54) is 31.9 Å². The van der Waals surface area contributed by atoms with Crippen molar-refractivity contribution in [1.29, 1.82) is 5.41 Å². The summed E-state index contributed by atoms with van der Waals surface area (Å²) in [5.74, 6) is 7.14. The molecule has 110 valence electrons. The molecule has 0 bridgehead atoms. The summed E-state index contributed by atoms with van der Waals surface area (Å²) in [6.45, 7) is 0.822. The van der Waals surface area contributed by atoms with E-state index in [9.17, 15) is 0 Å². The molecule has 1 aromatic rings. The molecule has 1 aliphatic heterocycles. The van der Waals surface area contributed by atoms with Crippen LogP contribution in [0.2, 0.25) is 0 Å². The first-order valence-corrected chi connectivity index (χ1v) is 7.89. The van der Waals surface area contributed by atoms with E-state index in [1.807, 2.05) is 18.2 Å². The second kappa shape index (κ2) is 6.78. The average Bonchev–Trinajstić information content (AvgIpc) is 2.48. The van der Waals surface area contributed by atoms with Crippen LogP contribution >= 0.6 is 0 Å². The van der Waals surface area contributed by atoms with Gasteiger partial charge in [-0.1, -0.05) is 18.3 Å². The van der Waals surface area contributed by atoms with Crippen molar-refractivity contribution in [3.8, 4) is 11.8 Å². The molecule has 1 aliphatic carbocycles. The monoisotopic (exact) mass is 282 g/mol. The summed E-state index contributed by atoms with van der Waals surface area (Å²) in [7, 11) is 0. The standard InChI is InChI=1S/C18H22N2O/c19-13-16-12-15(8-7-14-4-3-5-14)9-10-17(16)20-18-6-1-2-11-21-18/h9-10,12-14,18-20H,1-6,11H2. The lowest BCUT2D eigenvalue weighted by Gasteiger charge is -2.25. The Bertz CT molecular complexity index is 560. The second-order valence-corrected chi connectivity index (χ2v) is 5.84. The molecule has 0 amide bonds. The molecule has 2 fully saturated rings. The maximum absolute atomic E-state index is 7.61. The van der Waals surface area contributed by atoms with Gasteiger partial charge in [0.25, 0.3) is 0 Å². The van der Waals surface area contributed by atoms with E-state index in [0.717, 1.165) is 36.3 Å². The van der Waals surface area contributed by atoms with Gasteiger partial charge in [-0.05, 0) is 50.3 Å². The van der Waals surface area contributed by atoms with Crippen LogP contribution in [-0.4, -0.2) is 19.0 Å². The third-order valence-electron chi connectivity index (χ3n) is 4.23. The van der Waals surface area contributed by atoms with E-state index >= 15 is 0 Å². The van der Waals surface area contributed by atoms with Crippen LogP contribution < -0.4 is 5.32 Å². The number of hydrogen-bond donors (Lipinski definition) is 2. The number of anilines is 1. The highest BCUT2D eigenvalue weighted by molar-refractivity contribution is 5.86. The summed E-state index contributed by atoms with van der Waals surface area (Å²) in [6.07, 6.45) is 8.62. The van der Waals surface area contributed by atoms with Gasteiger partial charge in [0, 0.05) is 35.6 Å². The molecular formula is C18H22N2O. The summed E-state index contributed by atoms with van der Waals surface area (Å²) in [6, 6.07) is 6.04. The molecule has 3 heteroatoms. The predicted molar refractivity (Wildman–Crippen MR) is 85.8 cm³/mol. The molecule has 1 heterocycles. The van der Waals surface area contributed by atoms with Gasteiger partial charge in [0.05, 0.1) is 0 Å². The molecule has 1 unspecified atom stereocenters. The maximum Gasteiger partial charge on any atom is 0.127 e. The smallest absolute Gasteiger partial charge is 0.127 e. The fraction of sp³-hybridized carbons (Fsp3) is 0.500. The summed E-state index contributed by atoms with van der Waals surface area (Å²) < 4.78 is 5.70. The van der Waals surface area contributed by atoms with Gasteiger partial charge >= 0.3 is 0 Å². The molecule has 1 atom stereocenters. The molecular weight excluding hydrogens is 260 g/mol. The zero-order valence-corrected chi connectivity index (χ0v) is 12.3. The van der Waals surface area contributed by atoms with E-state index in [4.69, 9.17) is 10.1 Å². The Morgan fingerprint density at radius 1 is 1.19 bits per heavy atom. The number of rotatable bonds is 3. The van der Waals surface area contributed by atoms with Crippen molar-refractivity contribution >= 4 is 11.9 Å². The van der Waals surface area contributed by atoms with Crippen molar-refractivity contribution in [2.24, 2.45) is 5.92 Å². The predicted octanol–water partition coefficient (Wildman–Crippen LogP) is 3.77. The normalized spacial score (nSPS) is 21.8. The lowest BCUT2D eigenvalue weighted by Crippen LogP contribution is -2.27. The highest BCUT2D eigenvalue weighted by Crippen LogP contribution is 2.25. The van der Waals surface area contributed by atoms with Crippen LogP contribution in [0.25, 0.3) is 0 Å². The summed E-state index contributed by atoms with van der Waals surface area (Å²) in [5, 5.41) is 11.0. The third kappa shape index (κ3) is 3.65. The fourth-order valence-electron chi connectivity index (χ4n) is 2.66. The molecule has 0 aromatic heterocycles. The number of benzene rings is 1. The van der Waals surface area contributed by atoms with Crippen LogP contribution in [0.3, 0.4) is 0 Å². The van der Waals surface area contributed by atoms with Crippen LogP contribution in [0, 0.1) is 23.2 Å². The van der Waals surface area contributed by atoms with E-state index in [-0.39, 0.29) is 6.23 Å². The third-order valence-corrected chi connectivity index (χ3v) is 4.23. The minimum absolute atomic E-state index is 0.0735. The Balaban J connectivity index is 1.71. The Labute approximate surface area is 126 Å². The van der Waals surface area contributed by atoms with Crippen molar-refractivity contribution in [3.63, 3.8) is 0 Å². The zero-order valence-electron chi connectivity index (χ0n) is 12.3. The van der Waals surface area contributed by atoms with Crippen LogP contribution in [0.1, 0.15) is 49.7 Å². The van der Waals surface area contributed by atoms with Gasteiger partial charge in [0.2, 0.25) is 0 Å². The molecule has 1 saturated carbocycles. The lowest BCUT2D eigenvalue weighted by molar-refractivity contribution is 0.0343. The molecule has 1 saturated heterocycles. The Morgan fingerprint density at radius 2 is 2.10 bits per heavy atom. The van der Waals surface area contributed by atoms with E-state index in [1.54, 1.807) is 0 Å². The summed E-state index contributed by atoms with van der Waals surface area (Å²) in [4.78, 5) is 0.